The first-order valence-electron chi connectivity index (χ1n) is 14.4. The smallest absolute Gasteiger partial charge is 0.292 e. The van der Waals surface area contributed by atoms with Crippen LogP contribution in [0.4, 0.5) is 0 Å². The van der Waals surface area contributed by atoms with E-state index in [-0.39, 0.29) is 17.3 Å². The summed E-state index contributed by atoms with van der Waals surface area (Å²) in [6.07, 6.45) is 25.1. The Balaban J connectivity index is 0. The van der Waals surface area contributed by atoms with Gasteiger partial charge in [0.05, 0.1) is 0 Å². The molecule has 0 amide bonds. The number of hydrogen-bond acceptors (Lipinski definition) is 5. The SMILES string of the molecule is CC(O)=S.CCCCCC[SiH2]OC(=O)CCCCCCCCCCCCCCCCC(OC)OC. The van der Waals surface area contributed by atoms with E-state index in [9.17, 15) is 4.79 Å². The van der Waals surface area contributed by atoms with Crippen molar-refractivity contribution in [3.8, 4) is 0 Å². The standard InChI is InChI=1S/C26H54O4Si.C2H4OS/c1-4-5-6-21-24-31-30-25(27)22-19-17-15-13-11-9-7-8-10-12-14-16-18-20-23-26(28-2)29-3;1-2(3)4/h26H,4-24,31H2,1-3H3;1H3,(H,3,4). The van der Waals surface area contributed by atoms with E-state index in [1.807, 2.05) is 0 Å². The van der Waals surface area contributed by atoms with Crippen LogP contribution in [0.3, 0.4) is 0 Å². The third-order valence-corrected chi connectivity index (χ3v) is 7.42. The number of aliphatic hydroxyl groups is 1. The van der Waals surface area contributed by atoms with E-state index in [4.69, 9.17) is 19.0 Å². The van der Waals surface area contributed by atoms with Gasteiger partial charge in [-0.3, -0.25) is 4.79 Å². The zero-order chi connectivity index (χ0) is 26.4. The van der Waals surface area contributed by atoms with Crippen LogP contribution in [0, 0.1) is 0 Å². The summed E-state index contributed by atoms with van der Waals surface area (Å²) in [7, 11) is 2.83. The molecule has 0 aliphatic heterocycles. The molecule has 0 rings (SSSR count). The summed E-state index contributed by atoms with van der Waals surface area (Å²) in [5.41, 5.74) is 0. The van der Waals surface area contributed by atoms with Gasteiger partial charge in [0.15, 0.2) is 11.3 Å². The predicted octanol–water partition coefficient (Wildman–Crippen LogP) is 8.36. The molecule has 5 nitrogen and oxygen atoms in total. The Kier molecular flexibility index (Phi) is 33.0. The van der Waals surface area contributed by atoms with Crippen molar-refractivity contribution in [1.82, 2.24) is 0 Å². The van der Waals surface area contributed by atoms with Crippen LogP contribution in [0.5, 0.6) is 0 Å². The van der Waals surface area contributed by atoms with E-state index in [2.05, 4.69) is 19.1 Å². The number of carbonyl (C=O) groups is 1. The van der Waals surface area contributed by atoms with E-state index in [0.29, 0.717) is 6.42 Å². The Hall–Kier alpha value is -0.503. The highest BCUT2D eigenvalue weighted by Gasteiger charge is 2.04. The molecule has 0 fully saturated rings. The summed E-state index contributed by atoms with van der Waals surface area (Å²) in [5.74, 6) is 0.0660. The molecule has 0 aromatic carbocycles. The summed E-state index contributed by atoms with van der Waals surface area (Å²) in [4.78, 5) is 11.7. The Labute approximate surface area is 225 Å². The maximum Gasteiger partial charge on any atom is 0.292 e. The molecule has 35 heavy (non-hydrogen) atoms. The molecular formula is C28H58O5SSi. The number of methoxy groups -OCH3 is 2. The van der Waals surface area contributed by atoms with Crippen LogP contribution < -0.4 is 0 Å². The molecule has 7 heteroatoms. The maximum absolute atomic E-state index is 11.7. The Morgan fingerprint density at radius 2 is 1.14 bits per heavy atom. The first-order valence-corrected chi connectivity index (χ1v) is 16.4. The summed E-state index contributed by atoms with van der Waals surface area (Å²) in [5, 5.41) is 7.79. The minimum atomic E-state index is -0.594. The quantitative estimate of drug-likeness (QED) is 0.0549. The first kappa shape index (κ1) is 36.7. The lowest BCUT2D eigenvalue weighted by Crippen LogP contribution is -2.12. The number of aliphatic hydroxyl groups excluding tert-OH is 1. The van der Waals surface area contributed by atoms with Gasteiger partial charge in [0.25, 0.3) is 5.97 Å². The van der Waals surface area contributed by atoms with Crippen molar-refractivity contribution in [3.63, 3.8) is 0 Å². The fourth-order valence-corrected chi connectivity index (χ4v) is 5.07. The average molecular weight is 535 g/mol. The maximum atomic E-state index is 11.7. The van der Waals surface area contributed by atoms with Gasteiger partial charge in [0.1, 0.15) is 0 Å². The average Bonchev–Trinajstić information content (AvgIpc) is 2.83. The van der Waals surface area contributed by atoms with E-state index in [1.165, 1.54) is 116 Å². The van der Waals surface area contributed by atoms with Gasteiger partial charge in [-0.25, -0.2) is 0 Å². The van der Waals surface area contributed by atoms with E-state index in [0.717, 1.165) is 18.9 Å². The van der Waals surface area contributed by atoms with Crippen LogP contribution in [-0.2, 0) is 18.7 Å². The monoisotopic (exact) mass is 534 g/mol. The zero-order valence-corrected chi connectivity index (χ0v) is 25.9. The molecule has 0 aliphatic carbocycles. The molecule has 0 aliphatic rings. The van der Waals surface area contributed by atoms with Gasteiger partial charge in [-0.2, -0.15) is 0 Å². The van der Waals surface area contributed by atoms with Crippen molar-refractivity contribution in [2.45, 2.75) is 155 Å². The number of thiocarbonyl (C=S) groups is 1. The van der Waals surface area contributed by atoms with Crippen LogP contribution >= 0.6 is 12.2 Å². The van der Waals surface area contributed by atoms with Crippen LogP contribution in [0.25, 0.3) is 0 Å². The van der Waals surface area contributed by atoms with Crippen molar-refractivity contribution in [2.24, 2.45) is 0 Å². The molecule has 1 N–H and O–H groups in total. The first-order chi connectivity index (χ1) is 17.0. The van der Waals surface area contributed by atoms with Crippen LogP contribution in [-0.4, -0.2) is 46.4 Å². The van der Waals surface area contributed by atoms with Gasteiger partial charge < -0.3 is 19.0 Å². The van der Waals surface area contributed by atoms with Crippen molar-refractivity contribution < 1.29 is 23.8 Å². The molecule has 0 atom stereocenters. The molecule has 0 bridgehead atoms. The fraction of sp³-hybridized carbons (Fsp3) is 0.929. The molecule has 0 radical (unpaired) electrons. The number of rotatable bonds is 25. The highest BCUT2D eigenvalue weighted by molar-refractivity contribution is 7.79. The second kappa shape index (κ2) is 31.5. The molecule has 0 aromatic rings. The molecule has 0 heterocycles. The minimum absolute atomic E-state index is 0.000000000000000222. The molecule has 0 saturated heterocycles. The molecule has 0 unspecified atom stereocenters. The van der Waals surface area contributed by atoms with Crippen molar-refractivity contribution in [2.75, 3.05) is 14.2 Å². The van der Waals surface area contributed by atoms with E-state index in [1.54, 1.807) is 14.2 Å². The van der Waals surface area contributed by atoms with Crippen LogP contribution in [0.2, 0.25) is 6.04 Å². The van der Waals surface area contributed by atoms with E-state index < -0.39 is 9.76 Å². The van der Waals surface area contributed by atoms with Crippen LogP contribution in [0.1, 0.15) is 142 Å². The molecule has 0 spiro atoms. The highest BCUT2D eigenvalue weighted by atomic mass is 32.1. The van der Waals surface area contributed by atoms with Crippen LogP contribution in [0.15, 0.2) is 0 Å². The predicted molar refractivity (Wildman–Crippen MR) is 156 cm³/mol. The second-order valence-corrected chi connectivity index (χ2v) is 11.5. The Bertz CT molecular complexity index is 443. The molecule has 210 valence electrons. The lowest BCUT2D eigenvalue weighted by atomic mass is 10.0. The summed E-state index contributed by atoms with van der Waals surface area (Å²) in [6.45, 7) is 3.68. The lowest BCUT2D eigenvalue weighted by molar-refractivity contribution is -0.134. The third kappa shape index (κ3) is 35.7. The third-order valence-electron chi connectivity index (χ3n) is 6.11. The van der Waals surface area contributed by atoms with Gasteiger partial charge in [0, 0.05) is 27.6 Å². The second-order valence-electron chi connectivity index (χ2n) is 9.54. The zero-order valence-electron chi connectivity index (χ0n) is 23.6. The summed E-state index contributed by atoms with van der Waals surface area (Å²) in [6, 6.07) is 1.16. The largest absolute Gasteiger partial charge is 0.525 e. The van der Waals surface area contributed by atoms with Crippen molar-refractivity contribution in [1.29, 1.82) is 0 Å². The van der Waals surface area contributed by atoms with Gasteiger partial charge in [-0.15, -0.1) is 0 Å². The van der Waals surface area contributed by atoms with Crippen molar-refractivity contribution in [3.05, 3.63) is 0 Å². The van der Waals surface area contributed by atoms with Crippen molar-refractivity contribution >= 4 is 33.0 Å². The highest BCUT2D eigenvalue weighted by Crippen LogP contribution is 2.14. The lowest BCUT2D eigenvalue weighted by Gasteiger charge is -2.12. The number of carbonyl (C=O) groups excluding carboxylic acids is 1. The molecule has 0 aromatic heterocycles. The Morgan fingerprint density at radius 1 is 0.743 bits per heavy atom. The number of hydrogen-bond donors (Lipinski definition) is 1. The number of ether oxygens (including phenoxy) is 2. The van der Waals surface area contributed by atoms with Gasteiger partial charge in [-0.1, -0.05) is 110 Å². The van der Waals surface area contributed by atoms with Gasteiger partial charge in [0.2, 0.25) is 9.76 Å². The molecule has 0 saturated carbocycles. The summed E-state index contributed by atoms with van der Waals surface area (Å²) >= 11 is 4.09. The van der Waals surface area contributed by atoms with Gasteiger partial charge >= 0.3 is 0 Å². The minimum Gasteiger partial charge on any atom is -0.525 e. The topological polar surface area (TPSA) is 65.0 Å². The van der Waals surface area contributed by atoms with Gasteiger partial charge in [-0.05, 0) is 37.5 Å². The van der Waals surface area contributed by atoms with E-state index >= 15 is 0 Å². The fourth-order valence-electron chi connectivity index (χ4n) is 4.00. The summed E-state index contributed by atoms with van der Waals surface area (Å²) < 4.78 is 15.9. The molecular weight excluding hydrogens is 476 g/mol. The Morgan fingerprint density at radius 3 is 1.57 bits per heavy atom. The normalized spacial score (nSPS) is 11.1. The number of unbranched alkanes of at least 4 members (excludes halogenated alkanes) is 16.